The molecule has 4 rings (SSSR count). The van der Waals surface area contributed by atoms with E-state index in [2.05, 4.69) is 10.1 Å². The summed E-state index contributed by atoms with van der Waals surface area (Å²) in [5.74, 6) is -7.16. The lowest BCUT2D eigenvalue weighted by atomic mass is 9.78. The molecule has 2 amide bonds. The summed E-state index contributed by atoms with van der Waals surface area (Å²) in [5, 5.41) is 1.57. The number of dihydropyridines is 1. The van der Waals surface area contributed by atoms with Crippen LogP contribution in [0.1, 0.15) is 44.7 Å². The smallest absolute Gasteiger partial charge is 0.418 e. The first-order valence-electron chi connectivity index (χ1n) is 14.1. The van der Waals surface area contributed by atoms with Crippen molar-refractivity contribution in [2.45, 2.75) is 19.0 Å². The van der Waals surface area contributed by atoms with Crippen LogP contribution in [0.5, 0.6) is 0 Å². The van der Waals surface area contributed by atoms with E-state index in [1.807, 2.05) is 0 Å². The number of carbonyl (C=O) groups is 4. The molecule has 2 aliphatic rings. The van der Waals surface area contributed by atoms with Crippen LogP contribution in [0.4, 0.5) is 22.0 Å². The number of alkyl halides is 4. The number of hydrogen-bond acceptors (Lipinski definition) is 9. The topological polar surface area (TPSA) is 120 Å². The Morgan fingerprint density at radius 1 is 0.936 bits per heavy atom. The summed E-state index contributed by atoms with van der Waals surface area (Å²) in [6.07, 6.45) is -5.27. The molecule has 47 heavy (non-hydrogen) atoms. The van der Waals surface area contributed by atoms with Gasteiger partial charge in [0.1, 0.15) is 12.5 Å². The van der Waals surface area contributed by atoms with Gasteiger partial charge < -0.3 is 24.3 Å². The number of nitrogens with one attached hydrogen (secondary N) is 1. The molecule has 1 N–H and O–H groups in total. The predicted octanol–water partition coefficient (Wildman–Crippen LogP) is 4.73. The van der Waals surface area contributed by atoms with E-state index in [1.165, 1.54) is 19.1 Å². The van der Waals surface area contributed by atoms with Crippen LogP contribution in [0.3, 0.4) is 0 Å². The molecule has 1 atom stereocenters. The molecular weight excluding hydrogens is 659 g/mol. The van der Waals surface area contributed by atoms with Crippen molar-refractivity contribution in [2.24, 2.45) is 0 Å². The van der Waals surface area contributed by atoms with E-state index in [0.29, 0.717) is 12.1 Å². The second kappa shape index (κ2) is 15.0. The largest absolute Gasteiger partial charge is 0.466 e. The van der Waals surface area contributed by atoms with Crippen LogP contribution in [0.15, 0.2) is 58.9 Å². The number of halogens is 6. The lowest BCUT2D eigenvalue weighted by Gasteiger charge is -2.33. The number of carbonyl (C=O) groups excluding carboxylic acids is 4. The Balaban J connectivity index is 1.58. The fourth-order valence-corrected chi connectivity index (χ4v) is 5.52. The number of nitrogens with zero attached hydrogens (tertiary/aromatic N) is 1. The van der Waals surface area contributed by atoms with E-state index < -0.39 is 87.9 Å². The fraction of sp³-hybridized carbons (Fsp3) is 0.355. The summed E-state index contributed by atoms with van der Waals surface area (Å²) in [7, 11) is 0.877. The van der Waals surface area contributed by atoms with E-state index in [0.717, 1.165) is 12.0 Å². The quantitative estimate of drug-likeness (QED) is 0.138. The first kappa shape index (κ1) is 35.5. The summed E-state index contributed by atoms with van der Waals surface area (Å²) in [6.45, 7) is -1.29. The van der Waals surface area contributed by atoms with E-state index in [-0.39, 0.29) is 49.8 Å². The van der Waals surface area contributed by atoms with Crippen molar-refractivity contribution < 1.29 is 60.1 Å². The van der Waals surface area contributed by atoms with Crippen molar-refractivity contribution in [3.05, 3.63) is 92.0 Å². The molecule has 2 aromatic rings. The number of ether oxygens (including phenoxy) is 4. The summed E-state index contributed by atoms with van der Waals surface area (Å²) in [5.41, 5.74) is -4.71. The van der Waals surface area contributed by atoms with Crippen molar-refractivity contribution in [1.82, 2.24) is 10.2 Å². The van der Waals surface area contributed by atoms with Crippen LogP contribution < -0.4 is 5.32 Å². The van der Waals surface area contributed by atoms with Crippen molar-refractivity contribution in [1.29, 1.82) is 0 Å². The first-order chi connectivity index (χ1) is 22.4. The maximum Gasteiger partial charge on any atom is 0.418 e. The molecule has 16 heteroatoms. The Morgan fingerprint density at radius 3 is 2.13 bits per heavy atom. The molecule has 0 saturated heterocycles. The maximum absolute atomic E-state index is 15.4. The number of hydrogen-bond donors (Lipinski definition) is 1. The number of esters is 2. The van der Waals surface area contributed by atoms with Gasteiger partial charge in [-0.15, -0.1) is 0 Å². The van der Waals surface area contributed by atoms with Crippen molar-refractivity contribution in [3.8, 4) is 0 Å². The molecule has 0 bridgehead atoms. The van der Waals surface area contributed by atoms with Crippen molar-refractivity contribution in [2.75, 3.05) is 53.4 Å². The summed E-state index contributed by atoms with van der Waals surface area (Å²) < 4.78 is 93.4. The SMILES string of the molecule is CCOC(=O)C1=C(COCCOCCN2C(=O)c3ccccc3C2=O)NC(CF)=C(C(=O)OC)C1c1c(F)ccc(Cl)c1C(F)(F)F. The van der Waals surface area contributed by atoms with Gasteiger partial charge in [-0.2, -0.15) is 13.2 Å². The minimum atomic E-state index is -5.27. The fourth-order valence-electron chi connectivity index (χ4n) is 5.25. The minimum Gasteiger partial charge on any atom is -0.466 e. The molecule has 10 nitrogen and oxygen atoms in total. The molecule has 0 aliphatic carbocycles. The highest BCUT2D eigenvalue weighted by Crippen LogP contribution is 2.48. The van der Waals surface area contributed by atoms with Gasteiger partial charge in [0.2, 0.25) is 0 Å². The van der Waals surface area contributed by atoms with E-state index in [1.54, 1.807) is 12.1 Å². The second-order valence-corrected chi connectivity index (χ2v) is 10.4. The predicted molar refractivity (Wildman–Crippen MR) is 154 cm³/mol. The summed E-state index contributed by atoms with van der Waals surface area (Å²) in [4.78, 5) is 52.1. The average Bonchev–Trinajstić information content (AvgIpc) is 3.28. The van der Waals surface area contributed by atoms with Crippen molar-refractivity contribution >= 4 is 35.4 Å². The molecule has 2 aromatic carbocycles. The number of methoxy groups -OCH3 is 1. The van der Waals surface area contributed by atoms with Gasteiger partial charge in [-0.3, -0.25) is 14.5 Å². The van der Waals surface area contributed by atoms with E-state index >= 15 is 4.39 Å². The van der Waals surface area contributed by atoms with Gasteiger partial charge in [0.05, 0.1) is 96.9 Å². The second-order valence-electron chi connectivity index (χ2n) is 9.98. The molecule has 0 spiro atoms. The van der Waals surface area contributed by atoms with Gasteiger partial charge in [0, 0.05) is 5.56 Å². The normalized spacial score (nSPS) is 16.4. The third kappa shape index (κ3) is 7.31. The Kier molecular flexibility index (Phi) is 11.4. The van der Waals surface area contributed by atoms with Gasteiger partial charge in [-0.05, 0) is 31.2 Å². The zero-order chi connectivity index (χ0) is 34.5. The minimum absolute atomic E-state index is 0.0541. The number of fused-ring (bicyclic) bond motifs is 1. The van der Waals surface area contributed by atoms with Crippen LogP contribution in [0, 0.1) is 5.82 Å². The molecular formula is C31H28ClF5N2O8. The first-order valence-corrected chi connectivity index (χ1v) is 14.4. The Labute approximate surface area is 270 Å². The van der Waals surface area contributed by atoms with Gasteiger partial charge >= 0.3 is 18.1 Å². The van der Waals surface area contributed by atoms with Gasteiger partial charge in [-0.25, -0.2) is 18.4 Å². The number of imide groups is 1. The lowest BCUT2D eigenvalue weighted by Crippen LogP contribution is -2.37. The molecule has 2 aliphatic heterocycles. The van der Waals surface area contributed by atoms with Crippen LogP contribution in [0.25, 0.3) is 0 Å². The number of rotatable bonds is 13. The third-order valence-corrected chi connectivity index (χ3v) is 7.55. The molecule has 1 unspecified atom stereocenters. The molecule has 0 saturated carbocycles. The zero-order valence-corrected chi connectivity index (χ0v) is 25.7. The molecule has 0 fully saturated rings. The Morgan fingerprint density at radius 2 is 1.55 bits per heavy atom. The van der Waals surface area contributed by atoms with Crippen LogP contribution in [-0.2, 0) is 34.7 Å². The van der Waals surface area contributed by atoms with Crippen molar-refractivity contribution in [3.63, 3.8) is 0 Å². The van der Waals surface area contributed by atoms with Crippen LogP contribution >= 0.6 is 11.6 Å². The van der Waals surface area contributed by atoms with E-state index in [9.17, 15) is 36.7 Å². The lowest BCUT2D eigenvalue weighted by molar-refractivity contribution is -0.141. The molecule has 0 aromatic heterocycles. The van der Waals surface area contributed by atoms with Gasteiger partial charge in [0.25, 0.3) is 11.8 Å². The highest BCUT2D eigenvalue weighted by molar-refractivity contribution is 6.31. The molecule has 2 heterocycles. The Hall–Kier alpha value is -4.34. The monoisotopic (exact) mass is 686 g/mol. The standard InChI is InChI=1S/C31H28ClF5N2O8/c1-3-47-30(43)24-21(15-46-13-12-45-11-10-39-27(40)16-6-4-5-7-17(16)28(39)41)38-20(14-33)23(29(42)44-2)25(24)22-19(34)9-8-18(32)26(22)31(35,36)37/h4-9,25,38H,3,10-15H2,1-2H3. The number of amides is 2. The zero-order valence-electron chi connectivity index (χ0n) is 25.0. The summed E-state index contributed by atoms with van der Waals surface area (Å²) >= 11 is 5.87. The highest BCUT2D eigenvalue weighted by Gasteiger charge is 2.47. The Bertz CT molecular complexity index is 1610. The summed E-state index contributed by atoms with van der Waals surface area (Å²) in [6, 6.07) is 7.63. The third-order valence-electron chi connectivity index (χ3n) is 7.23. The number of allylic oxidation sites excluding steroid dienone is 1. The highest BCUT2D eigenvalue weighted by atomic mass is 35.5. The van der Waals surface area contributed by atoms with Gasteiger partial charge in [-0.1, -0.05) is 23.7 Å². The van der Waals surface area contributed by atoms with Crippen LogP contribution in [-0.4, -0.2) is 82.0 Å². The van der Waals surface area contributed by atoms with Gasteiger partial charge in [0.15, 0.2) is 0 Å². The molecule has 0 radical (unpaired) electrons. The average molecular weight is 687 g/mol. The molecule has 252 valence electrons. The maximum atomic E-state index is 15.4. The number of benzene rings is 2. The van der Waals surface area contributed by atoms with Crippen LogP contribution in [0.2, 0.25) is 5.02 Å². The van der Waals surface area contributed by atoms with E-state index in [4.69, 9.17) is 25.8 Å².